The number of nitrogens with zero attached hydrogens (tertiary/aromatic N) is 1. The number of carbonyl (C=O) groups is 1. The number of ether oxygens (including phenoxy) is 2. The van der Waals surface area contributed by atoms with Crippen LogP contribution in [-0.2, 0) is 23.4 Å². The fraction of sp³-hybridized carbons (Fsp3) is 0.522. The molecule has 1 unspecified atom stereocenters. The fourth-order valence-corrected chi connectivity index (χ4v) is 5.41. The first kappa shape index (κ1) is 27.8. The lowest BCUT2D eigenvalue weighted by atomic mass is 10.1. The van der Waals surface area contributed by atoms with Gasteiger partial charge in [-0.05, 0) is 32.9 Å². The Kier molecular flexibility index (Phi) is 8.89. The molecule has 13 heteroatoms. The van der Waals surface area contributed by atoms with E-state index < -0.39 is 61.9 Å². The van der Waals surface area contributed by atoms with Gasteiger partial charge in [-0.1, -0.05) is 25.1 Å². The zero-order chi connectivity index (χ0) is 26.6. The molecule has 198 valence electrons. The van der Waals surface area contributed by atoms with E-state index in [0.29, 0.717) is 0 Å². The zero-order valence-electron chi connectivity index (χ0n) is 20.3. The number of esters is 1. The lowest BCUT2D eigenvalue weighted by molar-refractivity contribution is -0.151. The van der Waals surface area contributed by atoms with E-state index in [4.69, 9.17) is 18.5 Å². The average molecular weight is 528 g/mol. The Morgan fingerprint density at radius 3 is 2.56 bits per heavy atom. The van der Waals surface area contributed by atoms with Crippen molar-refractivity contribution in [1.29, 1.82) is 0 Å². The molecule has 36 heavy (non-hydrogen) atoms. The van der Waals surface area contributed by atoms with Crippen molar-refractivity contribution in [2.24, 2.45) is 5.92 Å². The Hall–Kier alpha value is -2.79. The largest absolute Gasteiger partial charge is 0.463 e. The number of aliphatic hydroxyl groups is 1. The van der Waals surface area contributed by atoms with Gasteiger partial charge in [0, 0.05) is 11.8 Å². The summed E-state index contributed by atoms with van der Waals surface area (Å²) < 4.78 is 51.2. The van der Waals surface area contributed by atoms with Gasteiger partial charge in [-0.15, -0.1) is 0 Å². The lowest BCUT2D eigenvalue weighted by Crippen LogP contribution is -2.36. The highest BCUT2D eigenvalue weighted by Crippen LogP contribution is 2.50. The van der Waals surface area contributed by atoms with Crippen molar-refractivity contribution in [2.45, 2.75) is 58.4 Å². The molecule has 0 radical (unpaired) electrons. The SMILES string of the molecule is Cc1cn([C@H]2O[C@@H](CO[P@@](=O)(C[C@@H](C)C(=O)OC(C)C)Oc3ccccc3)C(O)[C@H]2F)c(=O)[nH]c1=O. The number of para-hydroxylation sites is 1. The minimum absolute atomic E-state index is 0.141. The molecule has 1 aliphatic heterocycles. The number of carbonyl (C=O) groups excluding carboxylic acids is 1. The fourth-order valence-electron chi connectivity index (χ4n) is 3.54. The van der Waals surface area contributed by atoms with Gasteiger partial charge in [0.05, 0.1) is 24.8 Å². The van der Waals surface area contributed by atoms with Gasteiger partial charge in [0.2, 0.25) is 0 Å². The Bertz CT molecular complexity index is 1220. The number of alkyl halides is 1. The maximum atomic E-state index is 14.9. The summed E-state index contributed by atoms with van der Waals surface area (Å²) in [5, 5.41) is 10.4. The molecule has 1 aromatic heterocycles. The quantitative estimate of drug-likeness (QED) is 0.350. The molecule has 3 rings (SSSR count). The number of aromatic nitrogens is 2. The van der Waals surface area contributed by atoms with E-state index in [9.17, 15) is 28.4 Å². The third-order valence-electron chi connectivity index (χ3n) is 5.39. The van der Waals surface area contributed by atoms with Crippen LogP contribution < -0.4 is 15.8 Å². The van der Waals surface area contributed by atoms with Crippen LogP contribution in [0.2, 0.25) is 0 Å². The molecule has 1 aromatic carbocycles. The van der Waals surface area contributed by atoms with Crippen molar-refractivity contribution in [2.75, 3.05) is 12.8 Å². The second-order valence-electron chi connectivity index (χ2n) is 8.86. The number of aromatic amines is 1. The van der Waals surface area contributed by atoms with Gasteiger partial charge in [-0.25, -0.2) is 13.8 Å². The van der Waals surface area contributed by atoms with Crippen molar-refractivity contribution in [3.8, 4) is 5.75 Å². The molecule has 1 aliphatic rings. The summed E-state index contributed by atoms with van der Waals surface area (Å²) in [4.78, 5) is 38.1. The number of aryl methyl sites for hydroxylation is 1. The van der Waals surface area contributed by atoms with E-state index >= 15 is 0 Å². The summed E-state index contributed by atoms with van der Waals surface area (Å²) in [6.07, 6.45) is -6.26. The van der Waals surface area contributed by atoms with E-state index in [1.807, 2.05) is 4.98 Å². The summed E-state index contributed by atoms with van der Waals surface area (Å²) in [6.45, 7) is 5.73. The van der Waals surface area contributed by atoms with Crippen molar-refractivity contribution in [3.63, 3.8) is 0 Å². The van der Waals surface area contributed by atoms with Crippen LogP contribution in [0.25, 0.3) is 0 Å². The second-order valence-corrected chi connectivity index (χ2v) is 10.9. The minimum Gasteiger partial charge on any atom is -0.463 e. The van der Waals surface area contributed by atoms with E-state index in [-0.39, 0.29) is 23.6 Å². The van der Waals surface area contributed by atoms with Gasteiger partial charge < -0.3 is 19.1 Å². The van der Waals surface area contributed by atoms with Gasteiger partial charge in [-0.2, -0.15) is 0 Å². The molecule has 1 fully saturated rings. The Morgan fingerprint density at radius 1 is 1.25 bits per heavy atom. The van der Waals surface area contributed by atoms with Crippen molar-refractivity contribution >= 4 is 13.6 Å². The van der Waals surface area contributed by atoms with Gasteiger partial charge in [0.1, 0.15) is 18.0 Å². The van der Waals surface area contributed by atoms with Crippen molar-refractivity contribution in [3.05, 3.63) is 62.9 Å². The maximum absolute atomic E-state index is 14.9. The van der Waals surface area contributed by atoms with E-state index in [1.165, 1.54) is 13.8 Å². The molecule has 0 saturated carbocycles. The van der Waals surface area contributed by atoms with Crippen LogP contribution in [0.15, 0.2) is 46.1 Å². The number of hydrogen-bond acceptors (Lipinski definition) is 9. The third kappa shape index (κ3) is 6.70. The molecule has 1 saturated heterocycles. The molecule has 2 N–H and O–H groups in total. The van der Waals surface area contributed by atoms with Crippen molar-refractivity contribution < 1.29 is 37.4 Å². The molecule has 11 nitrogen and oxygen atoms in total. The van der Waals surface area contributed by atoms with Crippen LogP contribution in [0.5, 0.6) is 5.75 Å². The van der Waals surface area contributed by atoms with E-state index in [2.05, 4.69) is 0 Å². The number of benzene rings is 1. The first-order valence-electron chi connectivity index (χ1n) is 11.4. The molecule has 0 bridgehead atoms. The molecule has 0 spiro atoms. The highest BCUT2D eigenvalue weighted by molar-refractivity contribution is 7.54. The molecular weight excluding hydrogens is 498 g/mol. The van der Waals surface area contributed by atoms with E-state index in [1.54, 1.807) is 44.2 Å². The highest BCUT2D eigenvalue weighted by Gasteiger charge is 2.47. The van der Waals surface area contributed by atoms with Crippen LogP contribution in [0, 0.1) is 12.8 Å². The second kappa shape index (κ2) is 11.5. The van der Waals surface area contributed by atoms with Gasteiger partial charge >= 0.3 is 19.3 Å². The predicted molar refractivity (Wildman–Crippen MR) is 127 cm³/mol. The first-order chi connectivity index (χ1) is 16.9. The third-order valence-corrected chi connectivity index (χ3v) is 7.42. The first-order valence-corrected chi connectivity index (χ1v) is 13.1. The average Bonchev–Trinajstić information content (AvgIpc) is 3.08. The van der Waals surface area contributed by atoms with Gasteiger partial charge in [0.25, 0.3) is 5.56 Å². The molecule has 0 amide bonds. The number of rotatable bonds is 10. The lowest BCUT2D eigenvalue weighted by Gasteiger charge is -2.24. The summed E-state index contributed by atoms with van der Waals surface area (Å²) in [5.41, 5.74) is -1.40. The van der Waals surface area contributed by atoms with Crippen LogP contribution in [-0.4, -0.2) is 57.9 Å². The molecule has 6 atom stereocenters. The normalized spacial score (nSPS) is 24.3. The Labute approximate surface area is 206 Å². The van der Waals surface area contributed by atoms with Crippen LogP contribution in [0.1, 0.15) is 32.6 Å². The summed E-state index contributed by atoms with van der Waals surface area (Å²) in [6, 6.07) is 8.13. The number of halogens is 1. The van der Waals surface area contributed by atoms with Crippen molar-refractivity contribution in [1.82, 2.24) is 9.55 Å². The number of H-pyrrole nitrogens is 1. The van der Waals surface area contributed by atoms with Crippen LogP contribution in [0.3, 0.4) is 0 Å². The standard InChI is InChI=1S/C23H30FN2O9P/c1-13(2)33-22(29)15(4)12-36(31,35-16-8-6-5-7-9-16)32-11-17-19(27)18(24)21(34-17)26-10-14(3)20(28)25-23(26)30/h5-10,13,15,17-19,21,27H,11-12H2,1-4H3,(H,25,28,30)/t15-,17+,18-,19?,21+,36+/m1/s1. The number of aliphatic hydroxyl groups excluding tert-OH is 1. The maximum Gasteiger partial charge on any atom is 0.380 e. The smallest absolute Gasteiger partial charge is 0.380 e. The molecule has 0 aliphatic carbocycles. The zero-order valence-corrected chi connectivity index (χ0v) is 21.2. The van der Waals surface area contributed by atoms with E-state index in [0.717, 1.165) is 10.8 Å². The van der Waals surface area contributed by atoms with Gasteiger partial charge in [0.15, 0.2) is 12.4 Å². The van der Waals surface area contributed by atoms with Gasteiger partial charge in [-0.3, -0.25) is 23.7 Å². The Morgan fingerprint density at radius 2 is 1.92 bits per heavy atom. The number of hydrogen-bond donors (Lipinski definition) is 2. The minimum atomic E-state index is -4.04. The molecule has 2 heterocycles. The monoisotopic (exact) mass is 528 g/mol. The van der Waals surface area contributed by atoms with Crippen LogP contribution in [0.4, 0.5) is 4.39 Å². The predicted octanol–water partition coefficient (Wildman–Crippen LogP) is 2.32. The Balaban J connectivity index is 1.77. The number of nitrogens with one attached hydrogen (secondary N) is 1. The molecular formula is C23H30FN2O9P. The molecule has 2 aromatic rings. The highest BCUT2D eigenvalue weighted by atomic mass is 31.2. The topological polar surface area (TPSA) is 146 Å². The van der Waals surface area contributed by atoms with Crippen LogP contribution >= 0.6 is 7.60 Å². The summed E-state index contributed by atoms with van der Waals surface area (Å²) in [7, 11) is -4.04. The summed E-state index contributed by atoms with van der Waals surface area (Å²) in [5.74, 6) is -1.24. The summed E-state index contributed by atoms with van der Waals surface area (Å²) >= 11 is 0.